The van der Waals surface area contributed by atoms with Gasteiger partial charge in [0.05, 0.1) is 0 Å². The maximum Gasteiger partial charge on any atom is 0.414 e. The summed E-state index contributed by atoms with van der Waals surface area (Å²) in [6.07, 6.45) is 2.07. The van der Waals surface area contributed by atoms with Crippen molar-refractivity contribution in [2.45, 2.75) is 52.7 Å². The van der Waals surface area contributed by atoms with Crippen molar-refractivity contribution < 1.29 is 24.5 Å². The van der Waals surface area contributed by atoms with E-state index in [9.17, 15) is 0 Å². The lowest BCUT2D eigenvalue weighted by Crippen LogP contribution is -2.46. The third-order valence-corrected chi connectivity index (χ3v) is 6.29. The lowest BCUT2D eigenvalue weighted by molar-refractivity contribution is -0.159. The minimum absolute atomic E-state index is 0.176. The molecule has 0 fully saturated rings. The van der Waals surface area contributed by atoms with Gasteiger partial charge in [-0.1, -0.05) is 24.3 Å². The Bertz CT molecular complexity index is 982. The van der Waals surface area contributed by atoms with Gasteiger partial charge in [-0.3, -0.25) is 4.90 Å². The Hall–Kier alpha value is -3.06. The molecule has 0 saturated heterocycles. The molecule has 0 aromatic heterocycles. The zero-order chi connectivity index (χ0) is 22.9. The second-order valence-corrected chi connectivity index (χ2v) is 8.66. The molecule has 4 N–H and O–H groups in total. The Balaban J connectivity index is 0.000000401. The number of rotatable bonds is 2. The summed E-state index contributed by atoms with van der Waals surface area (Å²) < 4.78 is 6.54. The summed E-state index contributed by atoms with van der Waals surface area (Å²) in [5.74, 6) is -2.57. The summed E-state index contributed by atoms with van der Waals surface area (Å²) in [6.45, 7) is 11.7. The van der Waals surface area contributed by atoms with E-state index < -0.39 is 11.9 Å². The third kappa shape index (κ3) is 4.66. The number of nitrogens with zero attached hydrogens (tertiary/aromatic N) is 1. The van der Waals surface area contributed by atoms with Crippen LogP contribution in [0.25, 0.3) is 0 Å². The van der Waals surface area contributed by atoms with Gasteiger partial charge < -0.3 is 20.7 Å². The van der Waals surface area contributed by atoms with Crippen molar-refractivity contribution in [2.24, 2.45) is 0 Å². The minimum Gasteiger partial charge on any atom is -0.485 e. The summed E-state index contributed by atoms with van der Waals surface area (Å²) in [6, 6.07) is 8.80. The van der Waals surface area contributed by atoms with Crippen molar-refractivity contribution in [3.05, 3.63) is 57.6 Å². The van der Waals surface area contributed by atoms with Crippen molar-refractivity contribution in [3.63, 3.8) is 0 Å². The highest BCUT2D eigenvalue weighted by molar-refractivity contribution is 6.27. The summed E-state index contributed by atoms with van der Waals surface area (Å²) in [4.78, 5) is 20.7. The molecule has 2 aliphatic rings. The van der Waals surface area contributed by atoms with Crippen molar-refractivity contribution in [1.82, 2.24) is 4.90 Å². The number of aliphatic carboxylic acids is 2. The number of hydrogen-bond acceptors (Lipinski definition) is 5. The molecule has 0 bridgehead atoms. The molecule has 1 unspecified atom stereocenters. The molecule has 7 heteroatoms. The van der Waals surface area contributed by atoms with E-state index in [0.717, 1.165) is 49.5 Å². The monoisotopic (exact) mass is 426 g/mol. The highest BCUT2D eigenvalue weighted by atomic mass is 16.5. The fourth-order valence-corrected chi connectivity index (χ4v) is 4.47. The normalized spacial score (nSPS) is 19.5. The number of nitrogen functional groups attached to an aromatic ring is 1. The maximum absolute atomic E-state index is 9.10. The Morgan fingerprint density at radius 2 is 1.68 bits per heavy atom. The van der Waals surface area contributed by atoms with Crippen molar-refractivity contribution in [2.75, 3.05) is 18.8 Å². The number of carbonyl (C=O) groups is 2. The van der Waals surface area contributed by atoms with Crippen LogP contribution in [0.5, 0.6) is 5.75 Å². The van der Waals surface area contributed by atoms with Crippen molar-refractivity contribution in [1.29, 1.82) is 0 Å². The van der Waals surface area contributed by atoms with Crippen LogP contribution >= 0.6 is 0 Å². The molecule has 166 valence electrons. The first-order valence-corrected chi connectivity index (χ1v) is 10.3. The van der Waals surface area contributed by atoms with E-state index >= 15 is 0 Å². The van der Waals surface area contributed by atoms with Gasteiger partial charge in [0, 0.05) is 37.3 Å². The van der Waals surface area contributed by atoms with Gasteiger partial charge in [-0.05, 0) is 61.9 Å². The van der Waals surface area contributed by atoms with E-state index in [-0.39, 0.29) is 5.60 Å². The average Bonchev–Trinajstić information content (AvgIpc) is 3.08. The lowest BCUT2D eigenvalue weighted by atomic mass is 9.91. The third-order valence-electron chi connectivity index (χ3n) is 6.29. The first-order chi connectivity index (χ1) is 14.5. The predicted molar refractivity (Wildman–Crippen MR) is 118 cm³/mol. The molecule has 7 nitrogen and oxygen atoms in total. The van der Waals surface area contributed by atoms with Crippen LogP contribution in [-0.4, -0.2) is 45.7 Å². The summed E-state index contributed by atoms with van der Waals surface area (Å²) >= 11 is 0. The quantitative estimate of drug-likeness (QED) is 0.499. The SMILES string of the molecule is Cc1c(C)c2c(c(C)c1N)CC(C)(CN1CCc3ccccc3C1)O2.O=C(O)C(=O)O. The number of carboxylic acid groups (broad SMARTS) is 2. The zero-order valence-electron chi connectivity index (χ0n) is 18.5. The van der Waals surface area contributed by atoms with Crippen LogP contribution in [0.15, 0.2) is 24.3 Å². The van der Waals surface area contributed by atoms with E-state index in [2.05, 4.69) is 56.9 Å². The van der Waals surface area contributed by atoms with E-state index in [1.54, 1.807) is 0 Å². The molecule has 4 rings (SSSR count). The highest BCUT2D eigenvalue weighted by Gasteiger charge is 2.39. The number of hydrogen-bond donors (Lipinski definition) is 3. The number of ether oxygens (including phenoxy) is 1. The van der Waals surface area contributed by atoms with Crippen LogP contribution < -0.4 is 10.5 Å². The first-order valence-electron chi connectivity index (χ1n) is 10.3. The molecule has 2 heterocycles. The Morgan fingerprint density at radius 3 is 2.29 bits per heavy atom. The Morgan fingerprint density at radius 1 is 1.06 bits per heavy atom. The minimum atomic E-state index is -1.82. The van der Waals surface area contributed by atoms with Crippen molar-refractivity contribution in [3.8, 4) is 5.75 Å². The van der Waals surface area contributed by atoms with Crippen LogP contribution in [0.1, 0.15) is 40.3 Å². The van der Waals surface area contributed by atoms with Gasteiger partial charge in [0.15, 0.2) is 0 Å². The molecule has 1 atom stereocenters. The second kappa shape index (κ2) is 8.59. The highest BCUT2D eigenvalue weighted by Crippen LogP contribution is 2.44. The van der Waals surface area contributed by atoms with Crippen LogP contribution in [0.4, 0.5) is 5.69 Å². The molecule has 0 aliphatic carbocycles. The van der Waals surface area contributed by atoms with E-state index in [1.165, 1.54) is 27.8 Å². The van der Waals surface area contributed by atoms with Crippen molar-refractivity contribution >= 4 is 17.6 Å². The van der Waals surface area contributed by atoms with E-state index in [0.29, 0.717) is 0 Å². The summed E-state index contributed by atoms with van der Waals surface area (Å²) in [5.41, 5.74) is 14.9. The van der Waals surface area contributed by atoms with Gasteiger partial charge in [-0.15, -0.1) is 0 Å². The number of nitrogens with two attached hydrogens (primary N) is 1. The molecular formula is C24H30N2O5. The van der Waals surface area contributed by atoms with Crippen LogP contribution in [0, 0.1) is 20.8 Å². The molecule has 2 aromatic rings. The van der Waals surface area contributed by atoms with Gasteiger partial charge in [-0.25, -0.2) is 9.59 Å². The van der Waals surface area contributed by atoms with Gasteiger partial charge >= 0.3 is 11.9 Å². The van der Waals surface area contributed by atoms with Crippen LogP contribution in [-0.2, 0) is 29.0 Å². The van der Waals surface area contributed by atoms with E-state index in [4.69, 9.17) is 30.3 Å². The fraction of sp³-hybridized carbons (Fsp3) is 0.417. The van der Waals surface area contributed by atoms with E-state index in [1.807, 2.05) is 0 Å². The lowest BCUT2D eigenvalue weighted by Gasteiger charge is -2.35. The Labute approximate surface area is 182 Å². The van der Waals surface area contributed by atoms with Crippen LogP contribution in [0.2, 0.25) is 0 Å². The smallest absolute Gasteiger partial charge is 0.414 e. The molecule has 2 aromatic carbocycles. The zero-order valence-corrected chi connectivity index (χ0v) is 18.5. The van der Waals surface area contributed by atoms with Crippen LogP contribution in [0.3, 0.4) is 0 Å². The molecule has 0 spiro atoms. The van der Waals surface area contributed by atoms with Gasteiger partial charge in [-0.2, -0.15) is 0 Å². The maximum atomic E-state index is 9.10. The molecule has 0 amide bonds. The predicted octanol–water partition coefficient (Wildman–Crippen LogP) is 3.10. The Kier molecular flexibility index (Phi) is 6.27. The number of carboxylic acids is 2. The van der Waals surface area contributed by atoms with Gasteiger partial charge in [0.1, 0.15) is 11.4 Å². The second-order valence-electron chi connectivity index (χ2n) is 8.66. The molecule has 31 heavy (non-hydrogen) atoms. The largest absolute Gasteiger partial charge is 0.485 e. The standard InChI is InChI=1S/C22H28N2O.C2H2O4/c1-14-15(2)21-19(16(3)20(14)23)11-22(4,25-21)13-24-10-9-17-7-5-6-8-18(17)12-24;3-1(4)2(5)6/h5-8H,9-13,23H2,1-4H3;(H,3,4)(H,5,6). The number of anilines is 1. The van der Waals surface area contributed by atoms with Gasteiger partial charge in [0.25, 0.3) is 0 Å². The topological polar surface area (TPSA) is 113 Å². The molecule has 2 aliphatic heterocycles. The molecule has 0 saturated carbocycles. The fourth-order valence-electron chi connectivity index (χ4n) is 4.47. The average molecular weight is 427 g/mol. The number of benzene rings is 2. The van der Waals surface area contributed by atoms with Gasteiger partial charge in [0.2, 0.25) is 0 Å². The summed E-state index contributed by atoms with van der Waals surface area (Å²) in [5, 5.41) is 14.8. The summed E-state index contributed by atoms with van der Waals surface area (Å²) in [7, 11) is 0. The number of fused-ring (bicyclic) bond motifs is 2. The first kappa shape index (κ1) is 22.6. The molecule has 0 radical (unpaired) electrons. The molecular weight excluding hydrogens is 396 g/mol.